The first-order valence-corrected chi connectivity index (χ1v) is 5.61. The molecule has 1 aromatic rings. The highest BCUT2D eigenvalue weighted by Gasteiger charge is 2.09. The van der Waals surface area contributed by atoms with Crippen molar-refractivity contribution in [1.82, 2.24) is 0 Å². The van der Waals surface area contributed by atoms with Crippen LogP contribution in [0.15, 0.2) is 28.1 Å². The lowest BCUT2D eigenvalue weighted by molar-refractivity contribution is 0.863. The fraction of sp³-hybridized carbons (Fsp3) is 0.364. The lowest BCUT2D eigenvalue weighted by Crippen LogP contribution is -1.94. The molecule has 1 rings (SSSR count). The highest BCUT2D eigenvalue weighted by atomic mass is 32.2. The van der Waals surface area contributed by atoms with Crippen LogP contribution < -0.4 is 5.73 Å². The summed E-state index contributed by atoms with van der Waals surface area (Å²) in [5.74, 6) is 1.04. The van der Waals surface area contributed by atoms with Crippen LogP contribution in [0.5, 0.6) is 0 Å². The fourth-order valence-electron chi connectivity index (χ4n) is 1.38. The van der Waals surface area contributed by atoms with Gasteiger partial charge >= 0.3 is 0 Å². The zero-order valence-electron chi connectivity index (χ0n) is 8.66. The lowest BCUT2D eigenvalue weighted by Gasteiger charge is -2.12. The summed E-state index contributed by atoms with van der Waals surface area (Å²) < 4.78 is 0. The fourth-order valence-corrected chi connectivity index (χ4v) is 2.05. The van der Waals surface area contributed by atoms with Gasteiger partial charge in [0.2, 0.25) is 0 Å². The van der Waals surface area contributed by atoms with Gasteiger partial charge in [0.05, 0.1) is 5.69 Å². The number of hydrogen-bond donors (Lipinski definition) is 1. The molecule has 0 unspecified atom stereocenters. The summed E-state index contributed by atoms with van der Waals surface area (Å²) in [4.78, 5) is 5.20. The van der Waals surface area contributed by atoms with Gasteiger partial charge in [-0.25, -0.2) is 0 Å². The molecule has 0 fully saturated rings. The maximum Gasteiger partial charge on any atom is 0.0793 e. The Morgan fingerprint density at radius 2 is 2.21 bits per heavy atom. The summed E-state index contributed by atoms with van der Waals surface area (Å²) in [6.07, 6.45) is 0. The highest BCUT2D eigenvalue weighted by Crippen LogP contribution is 2.35. The third-order valence-electron chi connectivity index (χ3n) is 2.05. The standard InChI is InChI=1S/C11H16N2S/c1-8(2)9-5-4-6-10(14-7-12)11(9)13-3/h4-6,8H,3,7,12H2,1-2H3. The lowest BCUT2D eigenvalue weighted by atomic mass is 10.0. The summed E-state index contributed by atoms with van der Waals surface area (Å²) in [5, 5.41) is 0. The first-order chi connectivity index (χ1) is 6.70. The maximum absolute atomic E-state index is 5.51. The molecule has 0 aliphatic carbocycles. The number of para-hydroxylation sites is 1. The molecule has 0 amide bonds. The summed E-state index contributed by atoms with van der Waals surface area (Å²) in [6.45, 7) is 7.92. The van der Waals surface area contributed by atoms with E-state index in [-0.39, 0.29) is 0 Å². The molecule has 0 bridgehead atoms. The number of thioether (sulfide) groups is 1. The number of nitrogens with zero attached hydrogens (tertiary/aromatic N) is 1. The van der Waals surface area contributed by atoms with E-state index in [0.717, 1.165) is 10.6 Å². The van der Waals surface area contributed by atoms with Crippen molar-refractivity contribution in [3.8, 4) is 0 Å². The molecule has 14 heavy (non-hydrogen) atoms. The van der Waals surface area contributed by atoms with Gasteiger partial charge in [-0.2, -0.15) is 0 Å². The molecule has 0 aliphatic heterocycles. The van der Waals surface area contributed by atoms with Crippen molar-refractivity contribution in [3.63, 3.8) is 0 Å². The average Bonchev–Trinajstić information content (AvgIpc) is 2.18. The molecule has 0 aromatic heterocycles. The SMILES string of the molecule is C=Nc1c(SCN)cccc1C(C)C. The molecule has 0 aliphatic rings. The molecular weight excluding hydrogens is 192 g/mol. The molecular formula is C11H16N2S. The van der Waals surface area contributed by atoms with Gasteiger partial charge in [0, 0.05) is 10.8 Å². The first-order valence-electron chi connectivity index (χ1n) is 4.63. The van der Waals surface area contributed by atoms with Gasteiger partial charge in [0.25, 0.3) is 0 Å². The predicted molar refractivity (Wildman–Crippen MR) is 64.7 cm³/mol. The van der Waals surface area contributed by atoms with Crippen LogP contribution in [-0.2, 0) is 0 Å². The van der Waals surface area contributed by atoms with Crippen LogP contribution in [-0.4, -0.2) is 12.6 Å². The normalized spacial score (nSPS) is 10.6. The quantitative estimate of drug-likeness (QED) is 0.469. The van der Waals surface area contributed by atoms with Gasteiger partial charge in [0.1, 0.15) is 0 Å². The van der Waals surface area contributed by atoms with Gasteiger partial charge in [0.15, 0.2) is 0 Å². The summed E-state index contributed by atoms with van der Waals surface area (Å²) >= 11 is 1.60. The van der Waals surface area contributed by atoms with Gasteiger partial charge in [-0.15, -0.1) is 11.8 Å². The molecule has 0 heterocycles. The Morgan fingerprint density at radius 3 is 2.71 bits per heavy atom. The summed E-state index contributed by atoms with van der Waals surface area (Å²) in [7, 11) is 0. The van der Waals surface area contributed by atoms with Crippen LogP contribution in [0.2, 0.25) is 0 Å². The Kier molecular flexibility index (Phi) is 4.17. The number of benzene rings is 1. The monoisotopic (exact) mass is 208 g/mol. The topological polar surface area (TPSA) is 38.4 Å². The second kappa shape index (κ2) is 5.17. The highest BCUT2D eigenvalue weighted by molar-refractivity contribution is 7.99. The Bertz CT molecular complexity index is 321. The average molecular weight is 208 g/mol. The Balaban J connectivity index is 3.17. The van der Waals surface area contributed by atoms with Crippen molar-refractivity contribution in [1.29, 1.82) is 0 Å². The van der Waals surface area contributed by atoms with Crippen LogP contribution in [0.3, 0.4) is 0 Å². The van der Waals surface area contributed by atoms with E-state index in [4.69, 9.17) is 5.73 Å². The van der Waals surface area contributed by atoms with Gasteiger partial charge in [-0.05, 0) is 24.3 Å². The number of hydrogen-bond acceptors (Lipinski definition) is 3. The third kappa shape index (κ3) is 2.36. The van der Waals surface area contributed by atoms with Crippen molar-refractivity contribution < 1.29 is 0 Å². The third-order valence-corrected chi connectivity index (χ3v) is 2.86. The minimum Gasteiger partial charge on any atom is -0.322 e. The Labute approximate surface area is 89.6 Å². The molecule has 0 saturated heterocycles. The zero-order chi connectivity index (χ0) is 10.6. The van der Waals surface area contributed by atoms with Crippen molar-refractivity contribution in [3.05, 3.63) is 23.8 Å². The molecule has 0 atom stereocenters. The second-order valence-electron chi connectivity index (χ2n) is 3.32. The first kappa shape index (κ1) is 11.3. The number of nitrogens with two attached hydrogens (primary N) is 1. The Hall–Kier alpha value is -0.800. The van der Waals surface area contributed by atoms with Gasteiger partial charge in [-0.1, -0.05) is 26.0 Å². The van der Waals surface area contributed by atoms with Crippen LogP contribution in [0, 0.1) is 0 Å². The number of rotatable bonds is 4. The van der Waals surface area contributed by atoms with Crippen molar-refractivity contribution in [2.24, 2.45) is 10.7 Å². The van der Waals surface area contributed by atoms with E-state index in [0.29, 0.717) is 11.8 Å². The van der Waals surface area contributed by atoms with Crippen LogP contribution in [0.4, 0.5) is 5.69 Å². The van der Waals surface area contributed by atoms with E-state index < -0.39 is 0 Å². The maximum atomic E-state index is 5.51. The van der Waals surface area contributed by atoms with E-state index >= 15 is 0 Å². The van der Waals surface area contributed by atoms with E-state index in [1.165, 1.54) is 5.56 Å². The summed E-state index contributed by atoms with van der Waals surface area (Å²) in [5.41, 5.74) is 7.73. The molecule has 0 spiro atoms. The van der Waals surface area contributed by atoms with E-state index in [1.807, 2.05) is 12.1 Å². The molecule has 1 aromatic carbocycles. The van der Waals surface area contributed by atoms with Crippen LogP contribution >= 0.6 is 11.8 Å². The van der Waals surface area contributed by atoms with Crippen molar-refractivity contribution >= 4 is 24.2 Å². The van der Waals surface area contributed by atoms with E-state index in [1.54, 1.807) is 11.8 Å². The summed E-state index contributed by atoms with van der Waals surface area (Å²) in [6, 6.07) is 6.17. The molecule has 3 heteroatoms. The van der Waals surface area contributed by atoms with Crippen LogP contribution in [0.1, 0.15) is 25.3 Å². The van der Waals surface area contributed by atoms with E-state index in [9.17, 15) is 0 Å². The van der Waals surface area contributed by atoms with E-state index in [2.05, 4.69) is 31.6 Å². The molecule has 2 nitrogen and oxygen atoms in total. The minimum absolute atomic E-state index is 0.467. The second-order valence-corrected chi connectivity index (χ2v) is 4.38. The van der Waals surface area contributed by atoms with Crippen molar-refractivity contribution in [2.75, 3.05) is 5.88 Å². The molecule has 76 valence electrons. The largest absolute Gasteiger partial charge is 0.322 e. The predicted octanol–water partition coefficient (Wildman–Crippen LogP) is 3.15. The number of aliphatic imine (C=N–C) groups is 1. The molecule has 0 saturated carbocycles. The van der Waals surface area contributed by atoms with Gasteiger partial charge in [-0.3, -0.25) is 4.99 Å². The zero-order valence-corrected chi connectivity index (χ0v) is 9.47. The van der Waals surface area contributed by atoms with Crippen LogP contribution in [0.25, 0.3) is 0 Å². The molecule has 2 N–H and O–H groups in total. The molecule has 0 radical (unpaired) electrons. The smallest absolute Gasteiger partial charge is 0.0793 e. The van der Waals surface area contributed by atoms with Crippen molar-refractivity contribution in [2.45, 2.75) is 24.7 Å². The minimum atomic E-state index is 0.467. The Morgan fingerprint density at radius 1 is 1.50 bits per heavy atom. The van der Waals surface area contributed by atoms with Gasteiger partial charge < -0.3 is 5.73 Å².